The van der Waals surface area contributed by atoms with Gasteiger partial charge >= 0.3 is 0 Å². The summed E-state index contributed by atoms with van der Waals surface area (Å²) in [6, 6.07) is 0. The molecule has 2 rings (SSSR count). The van der Waals surface area contributed by atoms with Crippen molar-refractivity contribution in [3.05, 3.63) is 0 Å². The highest BCUT2D eigenvalue weighted by Gasteiger charge is 2.60. The standard InChI is InChI=1S/C15H28O12S4/c1-13(2,11-3-7-14(8-4-11,28(16,17)18)29(19,20)21)12-5-9-15(10-6-12,30(22,23)24)31(25,26)27/h11-12H,3-10H2,1-2H3,(H,16,17,18)(H,19,20,21)(H,22,23,24)(H,25,26,27). The lowest BCUT2D eigenvalue weighted by Gasteiger charge is -2.48. The molecule has 0 radical (unpaired) electrons. The fourth-order valence-electron chi connectivity index (χ4n) is 5.23. The Morgan fingerprint density at radius 3 is 0.903 bits per heavy atom. The van der Waals surface area contributed by atoms with Crippen LogP contribution in [0.2, 0.25) is 0 Å². The van der Waals surface area contributed by atoms with Crippen LogP contribution in [-0.2, 0) is 40.5 Å². The fourth-order valence-corrected chi connectivity index (χ4v) is 10.4. The van der Waals surface area contributed by atoms with E-state index in [4.69, 9.17) is 0 Å². The van der Waals surface area contributed by atoms with Crippen LogP contribution in [0.25, 0.3) is 0 Å². The van der Waals surface area contributed by atoms with Gasteiger partial charge in [-0.3, -0.25) is 18.2 Å². The molecule has 0 bridgehead atoms. The molecular weight excluding hydrogens is 500 g/mol. The molecule has 12 nitrogen and oxygen atoms in total. The van der Waals surface area contributed by atoms with Crippen LogP contribution in [0.4, 0.5) is 0 Å². The van der Waals surface area contributed by atoms with Crippen molar-refractivity contribution in [1.29, 1.82) is 0 Å². The molecular formula is C15H28O12S4. The molecule has 0 aromatic rings. The average Bonchev–Trinajstić information content (AvgIpc) is 2.58. The Hall–Kier alpha value is -0.360. The van der Waals surface area contributed by atoms with Crippen LogP contribution in [-0.4, -0.2) is 60.0 Å². The van der Waals surface area contributed by atoms with E-state index in [9.17, 15) is 51.9 Å². The summed E-state index contributed by atoms with van der Waals surface area (Å²) < 4.78 is 126. The largest absolute Gasteiger partial charge is 0.287 e. The molecule has 0 aliphatic heterocycles. The lowest BCUT2D eigenvalue weighted by atomic mass is 9.61. The van der Waals surface area contributed by atoms with Crippen molar-refractivity contribution in [2.45, 2.75) is 73.4 Å². The molecule has 0 amide bonds. The second kappa shape index (κ2) is 7.85. The van der Waals surface area contributed by atoms with E-state index >= 15 is 0 Å². The minimum absolute atomic E-state index is 0.0187. The second-order valence-electron chi connectivity index (χ2n) is 9.09. The van der Waals surface area contributed by atoms with Gasteiger partial charge in [-0.15, -0.1) is 0 Å². The monoisotopic (exact) mass is 528 g/mol. The number of hydrogen-bond donors (Lipinski definition) is 4. The van der Waals surface area contributed by atoms with Gasteiger partial charge in [-0.1, -0.05) is 13.8 Å². The van der Waals surface area contributed by atoms with Crippen molar-refractivity contribution < 1.29 is 51.9 Å². The Morgan fingerprint density at radius 2 is 0.742 bits per heavy atom. The van der Waals surface area contributed by atoms with Crippen molar-refractivity contribution in [2.24, 2.45) is 17.3 Å². The summed E-state index contributed by atoms with van der Waals surface area (Å²) in [6.45, 7) is 3.59. The highest BCUT2D eigenvalue weighted by Crippen LogP contribution is 2.54. The summed E-state index contributed by atoms with van der Waals surface area (Å²) in [4.78, 5) is 0. The van der Waals surface area contributed by atoms with Gasteiger partial charge in [-0.05, 0) is 68.6 Å². The molecule has 31 heavy (non-hydrogen) atoms. The zero-order chi connectivity index (χ0) is 24.3. The molecule has 0 unspecified atom stereocenters. The molecule has 184 valence electrons. The first-order valence-corrected chi connectivity index (χ1v) is 15.3. The smallest absolute Gasteiger partial charge is 0.284 e. The maximum atomic E-state index is 11.7. The first-order valence-electron chi connectivity index (χ1n) is 9.50. The predicted octanol–water partition coefficient (Wildman–Crippen LogP) is 1.34. The first-order chi connectivity index (χ1) is 13.6. The van der Waals surface area contributed by atoms with Crippen LogP contribution < -0.4 is 0 Å². The van der Waals surface area contributed by atoms with Crippen LogP contribution in [0.1, 0.15) is 65.2 Å². The van der Waals surface area contributed by atoms with Gasteiger partial charge < -0.3 is 0 Å². The lowest BCUT2D eigenvalue weighted by Crippen LogP contribution is -2.52. The van der Waals surface area contributed by atoms with Gasteiger partial charge in [0, 0.05) is 0 Å². The van der Waals surface area contributed by atoms with E-state index < -0.39 is 79.7 Å². The molecule has 4 N–H and O–H groups in total. The Bertz CT molecular complexity index is 958. The fraction of sp³-hybridized carbons (Fsp3) is 1.00. The van der Waals surface area contributed by atoms with E-state index in [1.54, 1.807) is 13.8 Å². The van der Waals surface area contributed by atoms with E-state index in [1.165, 1.54) is 0 Å². The van der Waals surface area contributed by atoms with Crippen LogP contribution in [0, 0.1) is 17.3 Å². The molecule has 2 aliphatic carbocycles. The molecule has 2 aliphatic rings. The van der Waals surface area contributed by atoms with E-state index in [-0.39, 0.29) is 37.5 Å². The summed E-state index contributed by atoms with van der Waals surface area (Å²) in [6.07, 6.45) is -2.07. The highest BCUT2D eigenvalue weighted by molar-refractivity contribution is 8.05. The summed E-state index contributed by atoms with van der Waals surface area (Å²) in [5, 5.41) is 0. The quantitative estimate of drug-likeness (QED) is 0.359. The molecule has 2 fully saturated rings. The summed E-state index contributed by atoms with van der Waals surface area (Å²) in [5.74, 6) is -0.559. The Balaban J connectivity index is 2.24. The summed E-state index contributed by atoms with van der Waals surface area (Å²) >= 11 is 0. The van der Waals surface area contributed by atoms with Crippen molar-refractivity contribution in [3.63, 3.8) is 0 Å². The van der Waals surface area contributed by atoms with Crippen LogP contribution in [0.5, 0.6) is 0 Å². The number of rotatable bonds is 6. The van der Waals surface area contributed by atoms with Gasteiger partial charge in [0.25, 0.3) is 40.5 Å². The third-order valence-corrected chi connectivity index (χ3v) is 15.4. The predicted molar refractivity (Wildman–Crippen MR) is 109 cm³/mol. The molecule has 16 heteroatoms. The third kappa shape index (κ3) is 4.41. The van der Waals surface area contributed by atoms with E-state index in [2.05, 4.69) is 0 Å². The van der Waals surface area contributed by atoms with Gasteiger partial charge in [0.1, 0.15) is 0 Å². The maximum absolute atomic E-state index is 11.7. The topological polar surface area (TPSA) is 217 Å². The van der Waals surface area contributed by atoms with Crippen LogP contribution in [0.3, 0.4) is 0 Å². The molecule has 0 spiro atoms. The van der Waals surface area contributed by atoms with Gasteiger partial charge in [-0.2, -0.15) is 33.7 Å². The Morgan fingerprint density at radius 1 is 0.548 bits per heavy atom. The molecule has 0 heterocycles. The van der Waals surface area contributed by atoms with Crippen LogP contribution in [0.15, 0.2) is 0 Å². The average molecular weight is 529 g/mol. The van der Waals surface area contributed by atoms with Gasteiger partial charge in [-0.25, -0.2) is 0 Å². The highest BCUT2D eigenvalue weighted by atomic mass is 32.3. The van der Waals surface area contributed by atoms with Gasteiger partial charge in [0.2, 0.25) is 8.16 Å². The molecule has 0 aromatic carbocycles. The first kappa shape index (κ1) is 26.9. The third-order valence-electron chi connectivity index (χ3n) is 7.48. The lowest BCUT2D eigenvalue weighted by molar-refractivity contribution is 0.0529. The Kier molecular flexibility index (Phi) is 6.81. The minimum atomic E-state index is -5.11. The molecule has 0 saturated heterocycles. The number of hydrogen-bond acceptors (Lipinski definition) is 8. The zero-order valence-corrected chi connectivity index (χ0v) is 20.3. The van der Waals surface area contributed by atoms with E-state index in [0.717, 1.165) is 0 Å². The Labute approximate surface area is 182 Å². The zero-order valence-electron chi connectivity index (χ0n) is 17.0. The van der Waals surface area contributed by atoms with Gasteiger partial charge in [0.05, 0.1) is 0 Å². The van der Waals surface area contributed by atoms with E-state index in [1.807, 2.05) is 0 Å². The summed E-state index contributed by atoms with van der Waals surface area (Å²) in [5.41, 5.74) is -0.630. The maximum Gasteiger partial charge on any atom is 0.287 e. The molecule has 0 atom stereocenters. The SMILES string of the molecule is CC(C)(C1CCC(S(=O)(=O)O)(S(=O)(=O)O)CC1)C1CCC(S(=O)(=O)O)(S(=O)(=O)O)CC1. The molecule has 2 saturated carbocycles. The molecule has 0 aromatic heterocycles. The van der Waals surface area contributed by atoms with Crippen molar-refractivity contribution in [3.8, 4) is 0 Å². The van der Waals surface area contributed by atoms with Crippen LogP contribution >= 0.6 is 0 Å². The normalized spacial score (nSPS) is 24.7. The van der Waals surface area contributed by atoms with Crippen molar-refractivity contribution in [2.75, 3.05) is 0 Å². The van der Waals surface area contributed by atoms with Crippen molar-refractivity contribution >= 4 is 40.5 Å². The minimum Gasteiger partial charge on any atom is -0.284 e. The van der Waals surface area contributed by atoms with E-state index in [0.29, 0.717) is 0 Å². The van der Waals surface area contributed by atoms with Crippen molar-refractivity contribution in [1.82, 2.24) is 0 Å². The second-order valence-corrected chi connectivity index (χ2v) is 16.5. The summed E-state index contributed by atoms with van der Waals surface area (Å²) in [7, 11) is -20.5. The van der Waals surface area contributed by atoms with Gasteiger partial charge in [0.15, 0.2) is 0 Å².